The highest BCUT2D eigenvalue weighted by molar-refractivity contribution is 6.07. The Kier molecular flexibility index (Phi) is 4.58. The Bertz CT molecular complexity index is 1080. The number of aromatic amines is 2. The van der Waals surface area contributed by atoms with Gasteiger partial charge in [0.2, 0.25) is 0 Å². The van der Waals surface area contributed by atoms with E-state index in [9.17, 15) is 0 Å². The molecule has 140 valence electrons. The lowest BCUT2D eigenvalue weighted by Gasteiger charge is -2.11. The van der Waals surface area contributed by atoms with Crippen LogP contribution in [0.5, 0.6) is 5.75 Å². The van der Waals surface area contributed by atoms with Crippen LogP contribution in [-0.4, -0.2) is 52.3 Å². The number of ether oxygens (including phenoxy) is 1. The van der Waals surface area contributed by atoms with Crippen molar-refractivity contribution in [1.29, 1.82) is 0 Å². The first-order chi connectivity index (χ1) is 13.1. The van der Waals surface area contributed by atoms with Crippen molar-refractivity contribution in [3.63, 3.8) is 0 Å². The van der Waals surface area contributed by atoms with E-state index in [2.05, 4.69) is 34.2 Å². The molecule has 1 aromatic carbocycles. The fourth-order valence-corrected chi connectivity index (χ4v) is 3.49. The Morgan fingerprint density at radius 2 is 1.89 bits per heavy atom. The quantitative estimate of drug-likeness (QED) is 0.545. The second kappa shape index (κ2) is 7.04. The summed E-state index contributed by atoms with van der Waals surface area (Å²) in [6.07, 6.45) is 2.86. The third-order valence-electron chi connectivity index (χ3n) is 4.91. The molecule has 2 N–H and O–H groups in total. The number of likely N-dealkylation sites (N-methyl/N-ethyl adjacent to an activating group) is 1. The van der Waals surface area contributed by atoms with Gasteiger partial charge >= 0.3 is 0 Å². The SMILES string of the molecule is CCc1c(-c2ccc(OCCN(C)C)cc2)nc2nc(C)c3c[nH][nH]c3c12. The number of aryl methyl sites for hydroxylation is 2. The lowest BCUT2D eigenvalue weighted by molar-refractivity contribution is 0.261. The number of H-pyrrole nitrogens is 2. The van der Waals surface area contributed by atoms with Gasteiger partial charge in [-0.3, -0.25) is 5.10 Å². The van der Waals surface area contributed by atoms with Crippen LogP contribution in [0.4, 0.5) is 0 Å². The summed E-state index contributed by atoms with van der Waals surface area (Å²) in [5.74, 6) is 0.880. The number of hydrogen-bond donors (Lipinski definition) is 2. The van der Waals surface area contributed by atoms with E-state index in [1.165, 1.54) is 5.56 Å². The molecule has 0 spiro atoms. The topological polar surface area (TPSA) is 69.8 Å². The maximum Gasteiger partial charge on any atom is 0.162 e. The third-order valence-corrected chi connectivity index (χ3v) is 4.91. The van der Waals surface area contributed by atoms with Crippen molar-refractivity contribution in [3.05, 3.63) is 41.7 Å². The van der Waals surface area contributed by atoms with Gasteiger partial charge in [-0.15, -0.1) is 0 Å². The first-order valence-electron chi connectivity index (χ1n) is 9.31. The summed E-state index contributed by atoms with van der Waals surface area (Å²) in [6.45, 7) is 5.75. The van der Waals surface area contributed by atoms with Crippen molar-refractivity contribution in [2.75, 3.05) is 27.2 Å². The summed E-state index contributed by atoms with van der Waals surface area (Å²) in [5, 5.41) is 8.57. The first-order valence-corrected chi connectivity index (χ1v) is 9.31. The maximum atomic E-state index is 5.80. The highest BCUT2D eigenvalue weighted by atomic mass is 16.5. The van der Waals surface area contributed by atoms with Crippen LogP contribution in [0.2, 0.25) is 0 Å². The van der Waals surface area contributed by atoms with Gasteiger partial charge in [-0.2, -0.15) is 0 Å². The Hall–Kier alpha value is -2.86. The fourth-order valence-electron chi connectivity index (χ4n) is 3.49. The maximum absolute atomic E-state index is 5.80. The lowest BCUT2D eigenvalue weighted by atomic mass is 10.0. The molecule has 0 bridgehead atoms. The molecule has 27 heavy (non-hydrogen) atoms. The molecule has 4 rings (SSSR count). The molecule has 0 atom stereocenters. The normalized spacial score (nSPS) is 11.7. The lowest BCUT2D eigenvalue weighted by Crippen LogP contribution is -2.19. The summed E-state index contributed by atoms with van der Waals surface area (Å²) in [6, 6.07) is 8.19. The zero-order valence-corrected chi connectivity index (χ0v) is 16.3. The predicted molar refractivity (Wildman–Crippen MR) is 109 cm³/mol. The molecule has 0 aliphatic rings. The van der Waals surface area contributed by atoms with Gasteiger partial charge in [0.1, 0.15) is 12.4 Å². The molecule has 0 amide bonds. The molecule has 0 saturated heterocycles. The van der Waals surface area contributed by atoms with Crippen LogP contribution in [0.25, 0.3) is 33.2 Å². The molecular weight excluding hydrogens is 338 g/mol. The molecule has 0 unspecified atom stereocenters. The van der Waals surface area contributed by atoms with Gasteiger partial charge in [0.25, 0.3) is 0 Å². The van der Waals surface area contributed by atoms with E-state index in [4.69, 9.17) is 14.7 Å². The van der Waals surface area contributed by atoms with Gasteiger partial charge in [-0.25, -0.2) is 9.97 Å². The van der Waals surface area contributed by atoms with Gasteiger partial charge < -0.3 is 14.7 Å². The van der Waals surface area contributed by atoms with Crippen LogP contribution >= 0.6 is 0 Å². The summed E-state index contributed by atoms with van der Waals surface area (Å²) in [5.41, 5.74) is 6.17. The molecular formula is C21H25N5O. The van der Waals surface area contributed by atoms with Crippen molar-refractivity contribution >= 4 is 21.9 Å². The zero-order chi connectivity index (χ0) is 19.0. The number of aromatic nitrogens is 4. The number of fused-ring (bicyclic) bond motifs is 3. The summed E-state index contributed by atoms with van der Waals surface area (Å²) in [7, 11) is 4.08. The van der Waals surface area contributed by atoms with Gasteiger partial charge in [-0.05, 0) is 57.3 Å². The standard InChI is InChI=1S/C21H25N5O/c1-5-16-18-20-17(12-22-25-20)13(2)23-21(18)24-19(16)14-6-8-15(9-7-14)27-11-10-26(3)4/h6-9,12,22,25H,5,10-11H2,1-4H3. The molecule has 6 nitrogen and oxygen atoms in total. The van der Waals surface area contributed by atoms with E-state index in [0.717, 1.165) is 57.6 Å². The second-order valence-corrected chi connectivity index (χ2v) is 7.07. The van der Waals surface area contributed by atoms with Crippen LogP contribution in [0.3, 0.4) is 0 Å². The molecule has 0 saturated carbocycles. The molecule has 3 aromatic heterocycles. The van der Waals surface area contributed by atoms with E-state index >= 15 is 0 Å². The van der Waals surface area contributed by atoms with Gasteiger partial charge in [-0.1, -0.05) is 6.92 Å². The number of benzene rings is 1. The fraction of sp³-hybridized carbons (Fsp3) is 0.333. The molecule has 0 aliphatic heterocycles. The molecule has 0 fully saturated rings. The molecule has 6 heteroatoms. The third kappa shape index (κ3) is 3.17. The minimum Gasteiger partial charge on any atom is -0.492 e. The summed E-state index contributed by atoms with van der Waals surface area (Å²) >= 11 is 0. The predicted octanol–water partition coefficient (Wildman–Crippen LogP) is 3.92. The van der Waals surface area contributed by atoms with Crippen molar-refractivity contribution in [2.24, 2.45) is 0 Å². The zero-order valence-electron chi connectivity index (χ0n) is 16.3. The smallest absolute Gasteiger partial charge is 0.162 e. The van der Waals surface area contributed by atoms with E-state index < -0.39 is 0 Å². The van der Waals surface area contributed by atoms with Gasteiger partial charge in [0, 0.05) is 23.7 Å². The van der Waals surface area contributed by atoms with Crippen molar-refractivity contribution < 1.29 is 4.74 Å². The van der Waals surface area contributed by atoms with E-state index in [1.54, 1.807) is 0 Å². The second-order valence-electron chi connectivity index (χ2n) is 7.07. The molecule has 0 aliphatic carbocycles. The van der Waals surface area contributed by atoms with Crippen molar-refractivity contribution in [2.45, 2.75) is 20.3 Å². The number of nitrogens with one attached hydrogen (secondary N) is 2. The van der Waals surface area contributed by atoms with Crippen LogP contribution < -0.4 is 4.74 Å². The van der Waals surface area contributed by atoms with Crippen LogP contribution in [0.1, 0.15) is 18.2 Å². The molecule has 4 aromatic rings. The molecule has 0 radical (unpaired) electrons. The number of hydrogen-bond acceptors (Lipinski definition) is 4. The average molecular weight is 363 g/mol. The molecule has 3 heterocycles. The van der Waals surface area contributed by atoms with Crippen molar-refractivity contribution in [1.82, 2.24) is 25.1 Å². The van der Waals surface area contributed by atoms with Crippen LogP contribution in [0, 0.1) is 6.92 Å². The summed E-state index contributed by atoms with van der Waals surface area (Å²) in [4.78, 5) is 11.7. The Morgan fingerprint density at radius 3 is 2.59 bits per heavy atom. The minimum atomic E-state index is 0.676. The number of rotatable bonds is 6. The number of nitrogens with zero attached hydrogens (tertiary/aromatic N) is 3. The van der Waals surface area contributed by atoms with Crippen LogP contribution in [0.15, 0.2) is 30.5 Å². The van der Waals surface area contributed by atoms with E-state index in [1.807, 2.05) is 39.3 Å². The van der Waals surface area contributed by atoms with E-state index in [-0.39, 0.29) is 0 Å². The van der Waals surface area contributed by atoms with Crippen molar-refractivity contribution in [3.8, 4) is 17.0 Å². The number of pyridine rings is 1. The van der Waals surface area contributed by atoms with Gasteiger partial charge in [0.05, 0.1) is 22.3 Å². The highest BCUT2D eigenvalue weighted by Crippen LogP contribution is 2.35. The monoisotopic (exact) mass is 363 g/mol. The Balaban J connectivity index is 1.73. The average Bonchev–Trinajstić information content (AvgIpc) is 3.26. The first kappa shape index (κ1) is 17.5. The van der Waals surface area contributed by atoms with E-state index in [0.29, 0.717) is 6.61 Å². The Morgan fingerprint density at radius 1 is 1.11 bits per heavy atom. The Labute approximate surface area is 158 Å². The largest absolute Gasteiger partial charge is 0.492 e. The summed E-state index contributed by atoms with van der Waals surface area (Å²) < 4.78 is 5.80. The van der Waals surface area contributed by atoms with Crippen LogP contribution in [-0.2, 0) is 6.42 Å². The van der Waals surface area contributed by atoms with Gasteiger partial charge in [0.15, 0.2) is 5.65 Å². The minimum absolute atomic E-state index is 0.676. The highest BCUT2D eigenvalue weighted by Gasteiger charge is 2.18.